The monoisotopic (exact) mass is 503 g/mol. The summed E-state index contributed by atoms with van der Waals surface area (Å²) in [6.07, 6.45) is 3.29. The Kier molecular flexibility index (Phi) is 7.66. The summed E-state index contributed by atoms with van der Waals surface area (Å²) >= 11 is 1.63. The fourth-order valence-electron chi connectivity index (χ4n) is 6.11. The molecular formula is C26H37N3O5S. The minimum atomic E-state index is -0.695. The molecule has 0 saturated carbocycles. The van der Waals surface area contributed by atoms with Gasteiger partial charge in [-0.1, -0.05) is 13.3 Å². The Labute approximate surface area is 211 Å². The first-order chi connectivity index (χ1) is 16.8. The summed E-state index contributed by atoms with van der Waals surface area (Å²) in [5.74, 6) is -0.944. The number of likely N-dealkylation sites (tertiary alicyclic amines) is 1. The highest BCUT2D eigenvalue weighted by molar-refractivity contribution is 8.02. The third kappa shape index (κ3) is 4.53. The minimum absolute atomic E-state index is 0.00769. The molecule has 1 aromatic carbocycles. The molecule has 0 aromatic heterocycles. The Hall–Kier alpha value is -2.26. The van der Waals surface area contributed by atoms with Gasteiger partial charge in [-0.3, -0.25) is 14.4 Å². The van der Waals surface area contributed by atoms with Crippen LogP contribution in [0.15, 0.2) is 24.3 Å². The fourth-order valence-corrected chi connectivity index (χ4v) is 8.31. The number of carbonyl (C=O) groups is 3. The van der Waals surface area contributed by atoms with E-state index in [0.717, 1.165) is 25.0 Å². The molecule has 4 rings (SSSR count). The molecule has 8 nitrogen and oxygen atoms in total. The Morgan fingerprint density at radius 2 is 1.94 bits per heavy atom. The molecule has 35 heavy (non-hydrogen) atoms. The second kappa shape index (κ2) is 10.4. The van der Waals surface area contributed by atoms with Crippen molar-refractivity contribution in [1.82, 2.24) is 10.2 Å². The fraction of sp³-hybridized carbons (Fsp3) is 0.654. The number of nitrogens with zero attached hydrogens (tertiary/aromatic N) is 1. The lowest BCUT2D eigenvalue weighted by Crippen LogP contribution is -2.57. The molecule has 3 heterocycles. The van der Waals surface area contributed by atoms with Crippen molar-refractivity contribution in [3.63, 3.8) is 0 Å². The van der Waals surface area contributed by atoms with E-state index in [1.165, 1.54) is 0 Å². The number of hydrogen-bond acceptors (Lipinski definition) is 6. The average Bonchev–Trinajstić information content (AvgIpc) is 3.47. The zero-order chi connectivity index (χ0) is 25.3. The highest BCUT2D eigenvalue weighted by Crippen LogP contribution is 2.66. The molecule has 3 unspecified atom stereocenters. The summed E-state index contributed by atoms with van der Waals surface area (Å²) in [5.41, 5.74) is 0.647. The van der Waals surface area contributed by atoms with E-state index in [4.69, 9.17) is 4.74 Å². The van der Waals surface area contributed by atoms with Crippen molar-refractivity contribution < 1.29 is 24.2 Å². The van der Waals surface area contributed by atoms with E-state index >= 15 is 0 Å². The van der Waals surface area contributed by atoms with Crippen LogP contribution in [0.4, 0.5) is 5.69 Å². The van der Waals surface area contributed by atoms with E-state index in [2.05, 4.69) is 17.6 Å². The van der Waals surface area contributed by atoms with Crippen LogP contribution in [0.1, 0.15) is 53.4 Å². The number of hydrogen-bond donors (Lipinski definition) is 3. The molecule has 3 saturated heterocycles. The van der Waals surface area contributed by atoms with Crippen LogP contribution in [0.3, 0.4) is 0 Å². The van der Waals surface area contributed by atoms with Crippen molar-refractivity contribution >= 4 is 35.2 Å². The lowest BCUT2D eigenvalue weighted by atomic mass is 9.70. The van der Waals surface area contributed by atoms with E-state index in [1.807, 2.05) is 13.8 Å². The summed E-state index contributed by atoms with van der Waals surface area (Å²) in [7, 11) is 0. The van der Waals surface area contributed by atoms with E-state index in [0.29, 0.717) is 18.7 Å². The van der Waals surface area contributed by atoms with Gasteiger partial charge >= 0.3 is 0 Å². The molecule has 3 aliphatic rings. The van der Waals surface area contributed by atoms with Gasteiger partial charge in [-0.05, 0) is 64.3 Å². The van der Waals surface area contributed by atoms with Crippen LogP contribution in [-0.4, -0.2) is 69.1 Å². The van der Waals surface area contributed by atoms with Crippen molar-refractivity contribution in [1.29, 1.82) is 0 Å². The van der Waals surface area contributed by atoms with Gasteiger partial charge in [0, 0.05) is 17.0 Å². The molecule has 192 valence electrons. The smallest absolute Gasteiger partial charge is 0.244 e. The molecule has 1 aromatic rings. The van der Waals surface area contributed by atoms with Crippen LogP contribution in [0.2, 0.25) is 0 Å². The van der Waals surface area contributed by atoms with Gasteiger partial charge in [0.05, 0.1) is 35.8 Å². The lowest BCUT2D eigenvalue weighted by molar-refractivity contribution is -0.141. The molecule has 3 aliphatic heterocycles. The number of thioether (sulfide) groups is 1. The topological polar surface area (TPSA) is 108 Å². The van der Waals surface area contributed by atoms with Crippen LogP contribution in [0.5, 0.6) is 5.75 Å². The van der Waals surface area contributed by atoms with Gasteiger partial charge in [0.25, 0.3) is 0 Å². The van der Waals surface area contributed by atoms with Crippen molar-refractivity contribution in [3.05, 3.63) is 24.3 Å². The molecule has 7 atom stereocenters. The van der Waals surface area contributed by atoms with Crippen LogP contribution in [0.25, 0.3) is 0 Å². The normalized spacial score (nSPS) is 30.7. The van der Waals surface area contributed by atoms with Crippen molar-refractivity contribution in [2.24, 2.45) is 11.8 Å². The number of nitrogens with one attached hydrogen (secondary N) is 2. The van der Waals surface area contributed by atoms with Crippen molar-refractivity contribution in [3.8, 4) is 5.75 Å². The quantitative estimate of drug-likeness (QED) is 0.453. The van der Waals surface area contributed by atoms with Crippen LogP contribution in [-0.2, 0) is 14.4 Å². The highest BCUT2D eigenvalue weighted by atomic mass is 32.2. The molecule has 0 aliphatic carbocycles. The Morgan fingerprint density at radius 1 is 1.23 bits per heavy atom. The maximum Gasteiger partial charge on any atom is 0.244 e. The molecule has 2 bridgehead atoms. The average molecular weight is 504 g/mol. The van der Waals surface area contributed by atoms with Crippen LogP contribution in [0, 0.1) is 11.8 Å². The van der Waals surface area contributed by atoms with E-state index < -0.39 is 28.7 Å². The third-order valence-corrected chi connectivity index (χ3v) is 9.52. The third-order valence-electron chi connectivity index (χ3n) is 7.57. The number of amides is 3. The largest absolute Gasteiger partial charge is 0.494 e. The SMILES string of the molecule is CCCC(C)NC(=O)C1N([C@H](C)CO)C(=O)[C@@H]2[C@H](C(=O)Nc3ccc(OCC)cc3)[C@@H]3CCC12S3. The maximum atomic E-state index is 13.8. The molecule has 3 fully saturated rings. The van der Waals surface area contributed by atoms with Crippen LogP contribution < -0.4 is 15.4 Å². The van der Waals surface area contributed by atoms with Gasteiger partial charge < -0.3 is 25.4 Å². The minimum Gasteiger partial charge on any atom is -0.494 e. The predicted octanol–water partition coefficient (Wildman–Crippen LogP) is 2.80. The number of anilines is 1. The number of rotatable bonds is 10. The van der Waals surface area contributed by atoms with E-state index in [9.17, 15) is 19.5 Å². The maximum absolute atomic E-state index is 13.8. The highest BCUT2D eigenvalue weighted by Gasteiger charge is 2.74. The number of carbonyl (C=O) groups excluding carboxylic acids is 3. The van der Waals surface area contributed by atoms with Gasteiger partial charge in [0.1, 0.15) is 11.8 Å². The molecular weight excluding hydrogens is 466 g/mol. The Morgan fingerprint density at radius 3 is 2.57 bits per heavy atom. The number of aliphatic hydroxyl groups excluding tert-OH is 1. The van der Waals surface area contributed by atoms with Crippen LogP contribution >= 0.6 is 11.8 Å². The summed E-state index contributed by atoms with van der Waals surface area (Å²) in [5, 5.41) is 16.0. The van der Waals surface area contributed by atoms with Gasteiger partial charge in [0.2, 0.25) is 17.7 Å². The first-order valence-corrected chi connectivity index (χ1v) is 13.6. The second-order valence-electron chi connectivity index (χ2n) is 9.98. The van der Waals surface area contributed by atoms with Gasteiger partial charge in [-0.15, -0.1) is 11.8 Å². The Balaban J connectivity index is 1.60. The first kappa shape index (κ1) is 25.8. The number of ether oxygens (including phenoxy) is 1. The van der Waals surface area contributed by atoms with Gasteiger partial charge in [-0.25, -0.2) is 0 Å². The van der Waals surface area contributed by atoms with Crippen molar-refractivity contribution in [2.75, 3.05) is 18.5 Å². The van der Waals surface area contributed by atoms with E-state index in [1.54, 1.807) is 47.9 Å². The summed E-state index contributed by atoms with van der Waals surface area (Å²) in [6.45, 7) is 8.04. The molecule has 0 radical (unpaired) electrons. The number of fused-ring (bicyclic) bond motifs is 1. The molecule has 9 heteroatoms. The lowest BCUT2D eigenvalue weighted by Gasteiger charge is -2.36. The number of aliphatic hydroxyl groups is 1. The van der Waals surface area contributed by atoms with Gasteiger partial charge in [-0.2, -0.15) is 0 Å². The number of benzene rings is 1. The summed E-state index contributed by atoms with van der Waals surface area (Å²) in [6, 6.07) is 5.99. The molecule has 3 amide bonds. The summed E-state index contributed by atoms with van der Waals surface area (Å²) < 4.78 is 4.82. The first-order valence-electron chi connectivity index (χ1n) is 12.7. The zero-order valence-electron chi connectivity index (χ0n) is 21.0. The zero-order valence-corrected chi connectivity index (χ0v) is 21.8. The van der Waals surface area contributed by atoms with Crippen molar-refractivity contribution in [2.45, 2.75) is 81.5 Å². The molecule has 3 N–H and O–H groups in total. The Bertz CT molecular complexity index is 957. The predicted molar refractivity (Wildman–Crippen MR) is 136 cm³/mol. The molecule has 1 spiro atoms. The standard InChI is InChI=1S/C26H37N3O5S/c1-5-7-15(3)27-24(32)22-26-13-12-19(35-26)20(21(26)25(33)29(22)16(4)14-30)23(31)28-17-8-10-18(11-9-17)34-6-2/h8-11,15-16,19-22,30H,5-7,12-14H2,1-4H3,(H,27,32)(H,28,31)/t15?,16-,19+,20-,21+,22?,26?/m1/s1. The van der Waals surface area contributed by atoms with E-state index in [-0.39, 0.29) is 35.6 Å². The van der Waals surface area contributed by atoms with Gasteiger partial charge in [0.15, 0.2) is 0 Å². The summed E-state index contributed by atoms with van der Waals surface area (Å²) in [4.78, 5) is 42.4. The second-order valence-corrected chi connectivity index (χ2v) is 11.6.